The third-order valence-corrected chi connectivity index (χ3v) is 5.25. The summed E-state index contributed by atoms with van der Waals surface area (Å²) in [5.74, 6) is -0.176. The fourth-order valence-electron chi connectivity index (χ4n) is 3.86. The molecule has 4 nitrogen and oxygen atoms in total. The van der Waals surface area contributed by atoms with E-state index in [4.69, 9.17) is 0 Å². The first-order valence-corrected chi connectivity index (χ1v) is 9.23. The van der Waals surface area contributed by atoms with Gasteiger partial charge in [0.25, 0.3) is 5.91 Å². The van der Waals surface area contributed by atoms with Crippen molar-refractivity contribution in [1.82, 2.24) is 9.88 Å². The maximum atomic E-state index is 13.2. The van der Waals surface area contributed by atoms with Crippen LogP contribution in [0.1, 0.15) is 40.5 Å². The SMILES string of the molecule is CC(CCc1ccccc1)N1C(=O)c2cccnc2C1(O)c1ccccc1. The summed E-state index contributed by atoms with van der Waals surface area (Å²) in [6.07, 6.45) is 3.21. The van der Waals surface area contributed by atoms with Gasteiger partial charge in [0, 0.05) is 17.8 Å². The number of amides is 1. The van der Waals surface area contributed by atoms with Crippen LogP contribution in [0.3, 0.4) is 0 Å². The maximum absolute atomic E-state index is 13.2. The molecule has 0 fully saturated rings. The molecule has 1 N–H and O–H groups in total. The van der Waals surface area contributed by atoms with E-state index in [1.807, 2.05) is 55.5 Å². The van der Waals surface area contributed by atoms with E-state index in [-0.39, 0.29) is 11.9 Å². The van der Waals surface area contributed by atoms with Crippen LogP contribution in [0.2, 0.25) is 0 Å². The fourth-order valence-corrected chi connectivity index (χ4v) is 3.86. The molecule has 2 aromatic carbocycles. The molecule has 2 unspecified atom stereocenters. The van der Waals surface area contributed by atoms with E-state index in [0.29, 0.717) is 16.8 Å². The Morgan fingerprint density at radius 1 is 1.00 bits per heavy atom. The lowest BCUT2D eigenvalue weighted by molar-refractivity contribution is -0.0705. The van der Waals surface area contributed by atoms with Crippen LogP contribution < -0.4 is 0 Å². The van der Waals surface area contributed by atoms with Gasteiger partial charge in [-0.3, -0.25) is 14.7 Å². The number of rotatable bonds is 5. The highest BCUT2D eigenvalue weighted by Crippen LogP contribution is 2.42. The van der Waals surface area contributed by atoms with Gasteiger partial charge in [0.2, 0.25) is 5.72 Å². The van der Waals surface area contributed by atoms with Crippen molar-refractivity contribution in [3.63, 3.8) is 0 Å². The molecular formula is C23H22N2O2. The molecule has 0 radical (unpaired) electrons. The molecule has 4 rings (SSSR count). The van der Waals surface area contributed by atoms with Gasteiger partial charge in [0.05, 0.1) is 5.56 Å². The average Bonchev–Trinajstić information content (AvgIpc) is 2.96. The molecule has 1 aromatic heterocycles. The minimum Gasteiger partial charge on any atom is -0.362 e. The number of benzene rings is 2. The Morgan fingerprint density at radius 3 is 2.37 bits per heavy atom. The van der Waals surface area contributed by atoms with Crippen molar-refractivity contribution in [2.45, 2.75) is 31.5 Å². The molecule has 0 saturated carbocycles. The van der Waals surface area contributed by atoms with Gasteiger partial charge in [0.1, 0.15) is 5.69 Å². The Bertz CT molecular complexity index is 943. The van der Waals surface area contributed by atoms with E-state index in [2.05, 4.69) is 17.1 Å². The minimum absolute atomic E-state index is 0.155. The Kier molecular flexibility index (Phi) is 4.50. The quantitative estimate of drug-likeness (QED) is 0.756. The van der Waals surface area contributed by atoms with Crippen molar-refractivity contribution >= 4 is 5.91 Å². The molecule has 2 atom stereocenters. The van der Waals surface area contributed by atoms with E-state index < -0.39 is 5.72 Å². The normalized spacial score (nSPS) is 19.8. The molecule has 136 valence electrons. The number of hydrogen-bond donors (Lipinski definition) is 1. The molecule has 2 heterocycles. The highest BCUT2D eigenvalue weighted by molar-refractivity contribution is 6.00. The number of fused-ring (bicyclic) bond motifs is 1. The Balaban J connectivity index is 1.71. The zero-order valence-electron chi connectivity index (χ0n) is 15.2. The second-order valence-corrected chi connectivity index (χ2v) is 6.99. The first-order valence-electron chi connectivity index (χ1n) is 9.23. The monoisotopic (exact) mass is 358 g/mol. The van der Waals surface area contributed by atoms with Gasteiger partial charge in [0.15, 0.2) is 0 Å². The lowest BCUT2D eigenvalue weighted by Crippen LogP contribution is -2.49. The molecule has 27 heavy (non-hydrogen) atoms. The summed E-state index contributed by atoms with van der Waals surface area (Å²) in [6, 6.07) is 22.8. The van der Waals surface area contributed by atoms with Crippen molar-refractivity contribution in [2.75, 3.05) is 0 Å². The van der Waals surface area contributed by atoms with Gasteiger partial charge >= 0.3 is 0 Å². The zero-order chi connectivity index (χ0) is 18.9. The summed E-state index contributed by atoms with van der Waals surface area (Å²) >= 11 is 0. The van der Waals surface area contributed by atoms with Crippen LogP contribution in [0.4, 0.5) is 0 Å². The number of carbonyl (C=O) groups is 1. The van der Waals surface area contributed by atoms with Crippen LogP contribution >= 0.6 is 0 Å². The number of nitrogens with zero attached hydrogens (tertiary/aromatic N) is 2. The standard InChI is InChI=1S/C23H22N2O2/c1-17(14-15-18-9-4-2-5-10-18)25-22(26)20-13-8-16-24-21(20)23(25,27)19-11-6-3-7-12-19/h2-13,16-17,27H,14-15H2,1H3. The number of pyridine rings is 1. The number of aromatic nitrogens is 1. The second-order valence-electron chi connectivity index (χ2n) is 6.99. The van der Waals surface area contributed by atoms with Crippen LogP contribution in [-0.2, 0) is 12.1 Å². The number of hydrogen-bond acceptors (Lipinski definition) is 3. The molecule has 1 aliphatic rings. The van der Waals surface area contributed by atoms with E-state index in [0.717, 1.165) is 12.8 Å². The Morgan fingerprint density at radius 2 is 1.67 bits per heavy atom. The Labute approximate surface area is 159 Å². The predicted molar refractivity (Wildman–Crippen MR) is 104 cm³/mol. The zero-order valence-corrected chi connectivity index (χ0v) is 15.2. The lowest BCUT2D eigenvalue weighted by Gasteiger charge is -2.38. The molecular weight excluding hydrogens is 336 g/mol. The van der Waals surface area contributed by atoms with Gasteiger partial charge in [-0.1, -0.05) is 60.7 Å². The van der Waals surface area contributed by atoms with E-state index in [1.54, 1.807) is 23.2 Å². The average molecular weight is 358 g/mol. The number of carbonyl (C=O) groups excluding carboxylic acids is 1. The van der Waals surface area contributed by atoms with Crippen LogP contribution in [0.15, 0.2) is 79.0 Å². The van der Waals surface area contributed by atoms with Crippen LogP contribution in [0, 0.1) is 0 Å². The second kappa shape index (κ2) is 6.97. The summed E-state index contributed by atoms with van der Waals surface area (Å²) in [6.45, 7) is 1.99. The summed E-state index contributed by atoms with van der Waals surface area (Å²) in [7, 11) is 0. The highest BCUT2D eigenvalue weighted by atomic mass is 16.3. The van der Waals surface area contributed by atoms with E-state index in [9.17, 15) is 9.90 Å². The van der Waals surface area contributed by atoms with Crippen LogP contribution in [-0.4, -0.2) is 26.9 Å². The van der Waals surface area contributed by atoms with Gasteiger partial charge in [-0.15, -0.1) is 0 Å². The topological polar surface area (TPSA) is 53.4 Å². The molecule has 0 bridgehead atoms. The molecule has 3 aromatic rings. The van der Waals surface area contributed by atoms with Crippen molar-refractivity contribution in [3.05, 3.63) is 101 Å². The van der Waals surface area contributed by atoms with Crippen molar-refractivity contribution in [3.8, 4) is 0 Å². The maximum Gasteiger partial charge on any atom is 0.258 e. The number of aliphatic hydroxyl groups is 1. The van der Waals surface area contributed by atoms with Crippen LogP contribution in [0.5, 0.6) is 0 Å². The van der Waals surface area contributed by atoms with E-state index >= 15 is 0 Å². The first kappa shape index (κ1) is 17.4. The van der Waals surface area contributed by atoms with Crippen molar-refractivity contribution in [2.24, 2.45) is 0 Å². The minimum atomic E-state index is -1.55. The number of aryl methyl sites for hydroxylation is 1. The molecule has 4 heteroatoms. The van der Waals surface area contributed by atoms with Gasteiger partial charge in [-0.25, -0.2) is 0 Å². The summed E-state index contributed by atoms with van der Waals surface area (Å²) in [5.41, 5.74) is 1.20. The molecule has 0 spiro atoms. The molecule has 0 saturated heterocycles. The molecule has 0 aliphatic carbocycles. The van der Waals surface area contributed by atoms with Gasteiger partial charge in [-0.05, 0) is 37.5 Å². The van der Waals surface area contributed by atoms with Gasteiger partial charge in [-0.2, -0.15) is 0 Å². The smallest absolute Gasteiger partial charge is 0.258 e. The predicted octanol–water partition coefficient (Wildman–Crippen LogP) is 3.75. The third kappa shape index (κ3) is 2.92. The van der Waals surface area contributed by atoms with Crippen molar-refractivity contribution in [1.29, 1.82) is 0 Å². The summed E-state index contributed by atoms with van der Waals surface area (Å²) in [5, 5.41) is 11.8. The highest BCUT2D eigenvalue weighted by Gasteiger charge is 2.52. The van der Waals surface area contributed by atoms with Gasteiger partial charge < -0.3 is 5.11 Å². The largest absolute Gasteiger partial charge is 0.362 e. The third-order valence-electron chi connectivity index (χ3n) is 5.25. The first-order chi connectivity index (χ1) is 13.1. The van der Waals surface area contributed by atoms with Crippen LogP contribution in [0.25, 0.3) is 0 Å². The Hall–Kier alpha value is -2.98. The van der Waals surface area contributed by atoms with E-state index in [1.165, 1.54) is 5.56 Å². The fraction of sp³-hybridized carbons (Fsp3) is 0.217. The van der Waals surface area contributed by atoms with Crippen molar-refractivity contribution < 1.29 is 9.90 Å². The molecule has 1 amide bonds. The summed E-state index contributed by atoms with van der Waals surface area (Å²) in [4.78, 5) is 19.1. The lowest BCUT2D eigenvalue weighted by atomic mass is 9.96. The summed E-state index contributed by atoms with van der Waals surface area (Å²) < 4.78 is 0. The molecule has 1 aliphatic heterocycles.